The molecular weight excluding hydrogens is 366 g/mol. The van der Waals surface area contributed by atoms with Crippen molar-refractivity contribution in [2.24, 2.45) is 0 Å². The molecule has 0 aliphatic carbocycles. The molecule has 1 amide bonds. The van der Waals surface area contributed by atoms with E-state index in [1.54, 1.807) is 0 Å². The van der Waals surface area contributed by atoms with Crippen LogP contribution in [0, 0.1) is 0 Å². The van der Waals surface area contributed by atoms with E-state index >= 15 is 0 Å². The van der Waals surface area contributed by atoms with Gasteiger partial charge in [0, 0.05) is 17.1 Å². The van der Waals surface area contributed by atoms with Gasteiger partial charge in [-0.2, -0.15) is 5.10 Å². The van der Waals surface area contributed by atoms with Gasteiger partial charge in [0.05, 0.1) is 24.5 Å². The highest BCUT2D eigenvalue weighted by Crippen LogP contribution is 2.28. The van der Waals surface area contributed by atoms with Crippen molar-refractivity contribution in [2.45, 2.75) is 6.10 Å². The van der Waals surface area contributed by atoms with Crippen LogP contribution in [-0.4, -0.2) is 46.0 Å². The van der Waals surface area contributed by atoms with Crippen molar-refractivity contribution >= 4 is 17.7 Å². The number of morpholine rings is 1. The molecule has 1 aliphatic rings. The van der Waals surface area contributed by atoms with Gasteiger partial charge in [0.15, 0.2) is 0 Å². The smallest absolute Gasteiger partial charge is 0.407 e. The molecule has 0 spiro atoms. The van der Waals surface area contributed by atoms with Crippen LogP contribution in [0.4, 0.5) is 4.79 Å². The van der Waals surface area contributed by atoms with E-state index in [1.165, 1.54) is 4.90 Å². The van der Waals surface area contributed by atoms with Crippen LogP contribution in [0.15, 0.2) is 54.6 Å². The first-order valence-corrected chi connectivity index (χ1v) is 8.99. The standard InChI is InChI=1S/C20H18ClN3O3/c21-16-3-1-2-15(10-16)18-11-17(22-23-18)13-4-6-14(7-5-13)19-12-24(20(25)26)8-9-27-19/h1-7,10-11,19H,8-9,12H2,(H,22,23)(H,25,26). The Labute approximate surface area is 161 Å². The van der Waals surface area contributed by atoms with E-state index in [4.69, 9.17) is 21.4 Å². The number of carboxylic acid groups (broad SMARTS) is 1. The Balaban J connectivity index is 1.52. The third kappa shape index (κ3) is 3.82. The predicted octanol–water partition coefficient (Wildman–Crippen LogP) is 4.45. The lowest BCUT2D eigenvalue weighted by atomic mass is 10.0. The summed E-state index contributed by atoms with van der Waals surface area (Å²) in [5, 5.41) is 17.2. The van der Waals surface area contributed by atoms with Crippen molar-refractivity contribution in [1.29, 1.82) is 0 Å². The molecule has 6 nitrogen and oxygen atoms in total. The second kappa shape index (κ2) is 7.42. The van der Waals surface area contributed by atoms with Crippen LogP contribution in [0.3, 0.4) is 0 Å². The summed E-state index contributed by atoms with van der Waals surface area (Å²) in [5.41, 5.74) is 4.62. The minimum Gasteiger partial charge on any atom is -0.465 e. The van der Waals surface area contributed by atoms with Gasteiger partial charge in [0.2, 0.25) is 0 Å². The van der Waals surface area contributed by atoms with Crippen molar-refractivity contribution < 1.29 is 14.6 Å². The molecule has 1 aliphatic heterocycles. The minimum absolute atomic E-state index is 0.243. The maximum absolute atomic E-state index is 11.2. The number of ether oxygens (including phenoxy) is 1. The number of hydrogen-bond donors (Lipinski definition) is 2. The van der Waals surface area contributed by atoms with Crippen LogP contribution in [0.5, 0.6) is 0 Å². The van der Waals surface area contributed by atoms with Crippen LogP contribution in [-0.2, 0) is 4.74 Å². The van der Waals surface area contributed by atoms with Gasteiger partial charge in [0.1, 0.15) is 6.10 Å². The number of halogens is 1. The summed E-state index contributed by atoms with van der Waals surface area (Å²) in [5.74, 6) is 0. The molecule has 138 valence electrons. The predicted molar refractivity (Wildman–Crippen MR) is 103 cm³/mol. The molecule has 0 radical (unpaired) electrons. The summed E-state index contributed by atoms with van der Waals surface area (Å²) >= 11 is 6.05. The molecule has 1 aromatic heterocycles. The number of H-pyrrole nitrogens is 1. The number of aromatic nitrogens is 2. The summed E-state index contributed by atoms with van der Waals surface area (Å²) < 4.78 is 5.73. The molecule has 2 heterocycles. The minimum atomic E-state index is -0.911. The Hall–Kier alpha value is -2.83. The summed E-state index contributed by atoms with van der Waals surface area (Å²) in [4.78, 5) is 12.5. The summed E-state index contributed by atoms with van der Waals surface area (Å²) in [6, 6.07) is 17.4. The molecule has 2 aromatic carbocycles. The Morgan fingerprint density at radius 3 is 2.74 bits per heavy atom. The van der Waals surface area contributed by atoms with Crippen LogP contribution in [0.2, 0.25) is 5.02 Å². The maximum Gasteiger partial charge on any atom is 0.407 e. The fourth-order valence-corrected chi connectivity index (χ4v) is 3.36. The van der Waals surface area contributed by atoms with Crippen LogP contribution >= 0.6 is 11.6 Å². The third-order valence-electron chi connectivity index (χ3n) is 4.63. The van der Waals surface area contributed by atoms with Crippen LogP contribution < -0.4 is 0 Å². The quantitative estimate of drug-likeness (QED) is 0.700. The molecule has 3 aromatic rings. The van der Waals surface area contributed by atoms with E-state index < -0.39 is 6.09 Å². The van der Waals surface area contributed by atoms with Crippen molar-refractivity contribution in [1.82, 2.24) is 15.1 Å². The molecule has 1 atom stereocenters. The van der Waals surface area contributed by atoms with Crippen molar-refractivity contribution in [3.05, 3.63) is 65.2 Å². The van der Waals surface area contributed by atoms with E-state index in [0.717, 1.165) is 28.1 Å². The molecule has 0 saturated carbocycles. The van der Waals surface area contributed by atoms with Gasteiger partial charge >= 0.3 is 6.09 Å². The zero-order valence-corrected chi connectivity index (χ0v) is 15.2. The zero-order valence-electron chi connectivity index (χ0n) is 14.4. The SMILES string of the molecule is O=C(O)N1CCOC(c2ccc(-c3cc(-c4cccc(Cl)c4)n[nH]3)cc2)C1. The maximum atomic E-state index is 11.2. The summed E-state index contributed by atoms with van der Waals surface area (Å²) in [6.45, 7) is 1.16. The largest absolute Gasteiger partial charge is 0.465 e. The first kappa shape index (κ1) is 17.6. The number of carbonyl (C=O) groups is 1. The Morgan fingerprint density at radius 1 is 1.19 bits per heavy atom. The van der Waals surface area contributed by atoms with Gasteiger partial charge in [0.25, 0.3) is 0 Å². The fraction of sp³-hybridized carbons (Fsp3) is 0.200. The highest BCUT2D eigenvalue weighted by Gasteiger charge is 2.25. The van der Waals surface area contributed by atoms with E-state index in [0.29, 0.717) is 24.7 Å². The third-order valence-corrected chi connectivity index (χ3v) is 4.86. The second-order valence-electron chi connectivity index (χ2n) is 6.39. The molecule has 2 N–H and O–H groups in total. The molecule has 7 heteroatoms. The van der Waals surface area contributed by atoms with E-state index in [1.807, 2.05) is 54.6 Å². The van der Waals surface area contributed by atoms with Gasteiger partial charge in [-0.25, -0.2) is 4.79 Å². The fourth-order valence-electron chi connectivity index (χ4n) is 3.17. The second-order valence-corrected chi connectivity index (χ2v) is 6.82. The highest BCUT2D eigenvalue weighted by atomic mass is 35.5. The summed E-state index contributed by atoms with van der Waals surface area (Å²) in [7, 11) is 0. The molecule has 1 saturated heterocycles. The normalized spacial score (nSPS) is 17.1. The Kier molecular flexibility index (Phi) is 4.83. The van der Waals surface area contributed by atoms with Gasteiger partial charge in [-0.1, -0.05) is 48.0 Å². The molecule has 0 bridgehead atoms. The molecule has 1 unspecified atom stereocenters. The Bertz CT molecular complexity index is 955. The molecular formula is C20H18ClN3O3. The van der Waals surface area contributed by atoms with E-state index in [-0.39, 0.29) is 6.10 Å². The average molecular weight is 384 g/mol. The van der Waals surface area contributed by atoms with E-state index in [9.17, 15) is 4.79 Å². The van der Waals surface area contributed by atoms with Crippen molar-refractivity contribution in [3.63, 3.8) is 0 Å². The zero-order chi connectivity index (χ0) is 18.8. The molecule has 4 rings (SSSR count). The monoisotopic (exact) mass is 383 g/mol. The number of nitrogens with one attached hydrogen (secondary N) is 1. The van der Waals surface area contributed by atoms with Gasteiger partial charge in [-0.15, -0.1) is 0 Å². The van der Waals surface area contributed by atoms with Crippen LogP contribution in [0.1, 0.15) is 11.7 Å². The Morgan fingerprint density at radius 2 is 2.00 bits per heavy atom. The topological polar surface area (TPSA) is 78.4 Å². The van der Waals surface area contributed by atoms with Gasteiger partial charge < -0.3 is 14.7 Å². The molecule has 1 fully saturated rings. The average Bonchev–Trinajstić information content (AvgIpc) is 3.18. The lowest BCUT2D eigenvalue weighted by Gasteiger charge is -2.31. The number of hydrogen-bond acceptors (Lipinski definition) is 3. The number of amides is 1. The first-order valence-electron chi connectivity index (χ1n) is 8.61. The number of benzene rings is 2. The lowest BCUT2D eigenvalue weighted by molar-refractivity contribution is -0.0231. The number of aromatic amines is 1. The van der Waals surface area contributed by atoms with Gasteiger partial charge in [-0.3, -0.25) is 5.10 Å². The highest BCUT2D eigenvalue weighted by molar-refractivity contribution is 6.30. The number of nitrogens with zero attached hydrogens (tertiary/aromatic N) is 2. The first-order chi connectivity index (χ1) is 13.1. The number of rotatable bonds is 3. The molecule has 27 heavy (non-hydrogen) atoms. The van der Waals surface area contributed by atoms with Crippen LogP contribution in [0.25, 0.3) is 22.5 Å². The lowest BCUT2D eigenvalue weighted by Crippen LogP contribution is -2.41. The van der Waals surface area contributed by atoms with E-state index in [2.05, 4.69) is 10.2 Å². The summed E-state index contributed by atoms with van der Waals surface area (Å²) in [6.07, 6.45) is -1.15. The van der Waals surface area contributed by atoms with Crippen molar-refractivity contribution in [3.8, 4) is 22.5 Å². The van der Waals surface area contributed by atoms with Gasteiger partial charge in [-0.05, 0) is 29.3 Å². The van der Waals surface area contributed by atoms with Crippen molar-refractivity contribution in [2.75, 3.05) is 19.7 Å².